The first-order valence-corrected chi connectivity index (χ1v) is 7.82. The molecule has 1 saturated heterocycles. The summed E-state index contributed by atoms with van der Waals surface area (Å²) in [5.41, 5.74) is -0.188. The highest BCUT2D eigenvalue weighted by atomic mass is 19.4. The molecule has 0 aliphatic carbocycles. The summed E-state index contributed by atoms with van der Waals surface area (Å²) >= 11 is 0. The fraction of sp³-hybridized carbons (Fsp3) is 0.375. The Hall–Kier alpha value is -2.75. The van der Waals surface area contributed by atoms with Crippen molar-refractivity contribution in [2.45, 2.75) is 19.6 Å². The molecule has 0 spiro atoms. The molecule has 0 amide bonds. The van der Waals surface area contributed by atoms with Gasteiger partial charge in [0, 0.05) is 11.0 Å². The van der Waals surface area contributed by atoms with Gasteiger partial charge in [0.2, 0.25) is 5.82 Å². The van der Waals surface area contributed by atoms with Crippen LogP contribution in [0, 0.1) is 5.41 Å². The smallest absolute Gasteiger partial charge is 0.380 e. The maximum atomic E-state index is 12.8. The second-order valence-electron chi connectivity index (χ2n) is 6.61. The van der Waals surface area contributed by atoms with Crippen LogP contribution < -0.4 is 0 Å². The first-order chi connectivity index (χ1) is 12.3. The first-order valence-electron chi connectivity index (χ1n) is 7.82. The van der Waals surface area contributed by atoms with Crippen LogP contribution in [0.4, 0.5) is 13.2 Å². The summed E-state index contributed by atoms with van der Waals surface area (Å²) in [6.45, 7) is 4.02. The van der Waals surface area contributed by atoms with Crippen molar-refractivity contribution in [3.8, 4) is 23.0 Å². The predicted molar refractivity (Wildman–Crippen MR) is 82.7 cm³/mol. The van der Waals surface area contributed by atoms with Crippen molar-refractivity contribution in [2.24, 2.45) is 5.41 Å². The molecule has 0 radical (unpaired) electrons. The highest BCUT2D eigenvalue weighted by Crippen LogP contribution is 2.32. The molecular formula is C16H14F3N5O2. The molecule has 7 nitrogen and oxygen atoms in total. The van der Waals surface area contributed by atoms with E-state index in [1.54, 1.807) is 10.9 Å². The summed E-state index contributed by atoms with van der Waals surface area (Å²) in [5, 5.41) is 11.8. The summed E-state index contributed by atoms with van der Waals surface area (Å²) in [4.78, 5) is 4.13. The molecule has 0 unspecified atom stereocenters. The molecule has 1 aliphatic rings. The Morgan fingerprint density at radius 2 is 2.08 bits per heavy atom. The van der Waals surface area contributed by atoms with E-state index in [4.69, 9.17) is 9.26 Å². The molecule has 3 aromatic rings. The van der Waals surface area contributed by atoms with Crippen LogP contribution in [0.15, 0.2) is 35.0 Å². The zero-order valence-corrected chi connectivity index (χ0v) is 13.7. The van der Waals surface area contributed by atoms with E-state index in [2.05, 4.69) is 27.4 Å². The van der Waals surface area contributed by atoms with Gasteiger partial charge in [0.05, 0.1) is 31.5 Å². The van der Waals surface area contributed by atoms with Gasteiger partial charge in [-0.25, -0.2) is 0 Å². The molecule has 1 aliphatic heterocycles. The lowest BCUT2D eigenvalue weighted by Gasteiger charge is -2.37. The topological polar surface area (TPSA) is 78.9 Å². The predicted octanol–water partition coefficient (Wildman–Crippen LogP) is 3.05. The number of aromatic nitrogens is 5. The zero-order chi connectivity index (χ0) is 18.4. The summed E-state index contributed by atoms with van der Waals surface area (Å²) in [6, 6.07) is 4.74. The van der Waals surface area contributed by atoms with Gasteiger partial charge in [-0.15, -0.1) is 5.10 Å². The minimum atomic E-state index is -4.44. The number of ether oxygens (including phenoxy) is 1. The molecule has 0 atom stereocenters. The van der Waals surface area contributed by atoms with Gasteiger partial charge in [-0.2, -0.15) is 18.2 Å². The van der Waals surface area contributed by atoms with Crippen molar-refractivity contribution in [1.29, 1.82) is 0 Å². The standard InChI is InChI=1S/C16H14F3N5O2/c1-15(8-25-9-15)7-24-6-12(21-23-24)14-20-13(22-26-14)10-3-2-4-11(5-10)16(17,18)19/h2-6H,7-9H2,1H3. The molecule has 0 bridgehead atoms. The van der Waals surface area contributed by atoms with E-state index in [0.717, 1.165) is 12.1 Å². The second-order valence-corrected chi connectivity index (χ2v) is 6.61. The minimum Gasteiger partial charge on any atom is -0.380 e. The lowest BCUT2D eigenvalue weighted by molar-refractivity contribution is -0.137. The molecule has 0 saturated carbocycles. The van der Waals surface area contributed by atoms with Crippen molar-refractivity contribution in [2.75, 3.05) is 13.2 Å². The number of hydrogen-bond donors (Lipinski definition) is 0. The van der Waals surface area contributed by atoms with E-state index in [1.807, 2.05) is 0 Å². The lowest BCUT2D eigenvalue weighted by Crippen LogP contribution is -2.43. The molecule has 1 aromatic carbocycles. The summed E-state index contributed by atoms with van der Waals surface area (Å²) in [6.07, 6.45) is -2.78. The second kappa shape index (κ2) is 5.90. The van der Waals surface area contributed by atoms with Gasteiger partial charge in [0.25, 0.3) is 5.89 Å². The normalized spacial score (nSPS) is 16.5. The molecule has 2 aromatic heterocycles. The number of rotatable bonds is 4. The molecule has 0 N–H and O–H groups in total. The Bertz CT molecular complexity index is 930. The van der Waals surface area contributed by atoms with E-state index in [9.17, 15) is 13.2 Å². The van der Waals surface area contributed by atoms with Crippen LogP contribution in [-0.2, 0) is 17.5 Å². The van der Waals surface area contributed by atoms with Gasteiger partial charge in [0.15, 0.2) is 5.69 Å². The Labute approximate surface area is 145 Å². The summed E-state index contributed by atoms with van der Waals surface area (Å²) < 4.78 is 50.5. The van der Waals surface area contributed by atoms with Crippen molar-refractivity contribution in [1.82, 2.24) is 25.1 Å². The molecule has 4 rings (SSSR count). The molecular weight excluding hydrogens is 351 g/mol. The van der Waals surface area contributed by atoms with Crippen LogP contribution in [0.2, 0.25) is 0 Å². The fourth-order valence-corrected chi connectivity index (χ4v) is 2.69. The van der Waals surface area contributed by atoms with Crippen LogP contribution in [0.3, 0.4) is 0 Å². The van der Waals surface area contributed by atoms with E-state index >= 15 is 0 Å². The largest absolute Gasteiger partial charge is 0.416 e. The van der Waals surface area contributed by atoms with Crippen LogP contribution in [0.25, 0.3) is 23.0 Å². The third kappa shape index (κ3) is 3.19. The maximum absolute atomic E-state index is 12.8. The number of halogens is 3. The Kier molecular flexibility index (Phi) is 3.79. The van der Waals surface area contributed by atoms with Crippen LogP contribution in [-0.4, -0.2) is 38.3 Å². The zero-order valence-electron chi connectivity index (χ0n) is 13.7. The molecule has 136 valence electrons. The van der Waals surface area contributed by atoms with Crippen LogP contribution in [0.5, 0.6) is 0 Å². The van der Waals surface area contributed by atoms with Crippen LogP contribution in [0.1, 0.15) is 12.5 Å². The Balaban J connectivity index is 1.56. The van der Waals surface area contributed by atoms with Crippen molar-refractivity contribution in [3.05, 3.63) is 36.0 Å². The van der Waals surface area contributed by atoms with Gasteiger partial charge in [-0.05, 0) is 12.1 Å². The van der Waals surface area contributed by atoms with E-state index in [1.165, 1.54) is 12.1 Å². The SMILES string of the molecule is CC1(Cn2cc(-c3nc(-c4cccc(C(F)(F)F)c4)no3)nn2)COC1. The molecule has 26 heavy (non-hydrogen) atoms. The van der Waals surface area contributed by atoms with Crippen molar-refractivity contribution in [3.63, 3.8) is 0 Å². The van der Waals surface area contributed by atoms with E-state index in [0.29, 0.717) is 25.5 Å². The highest BCUT2D eigenvalue weighted by Gasteiger charge is 2.34. The third-order valence-corrected chi connectivity index (χ3v) is 4.08. The molecule has 3 heterocycles. The Morgan fingerprint density at radius 1 is 1.27 bits per heavy atom. The molecule has 10 heteroatoms. The highest BCUT2D eigenvalue weighted by molar-refractivity contribution is 5.58. The van der Waals surface area contributed by atoms with Gasteiger partial charge in [-0.1, -0.05) is 29.4 Å². The maximum Gasteiger partial charge on any atom is 0.416 e. The lowest BCUT2D eigenvalue weighted by atomic mass is 9.89. The van der Waals surface area contributed by atoms with Crippen molar-refractivity contribution < 1.29 is 22.4 Å². The van der Waals surface area contributed by atoms with Gasteiger partial charge >= 0.3 is 6.18 Å². The monoisotopic (exact) mass is 365 g/mol. The number of nitrogens with zero attached hydrogens (tertiary/aromatic N) is 5. The minimum absolute atomic E-state index is 0.0169. The average Bonchev–Trinajstić information content (AvgIpc) is 3.21. The third-order valence-electron chi connectivity index (χ3n) is 4.08. The quantitative estimate of drug-likeness (QED) is 0.707. The van der Waals surface area contributed by atoms with Gasteiger partial charge < -0.3 is 9.26 Å². The fourth-order valence-electron chi connectivity index (χ4n) is 2.69. The van der Waals surface area contributed by atoms with E-state index in [-0.39, 0.29) is 22.7 Å². The van der Waals surface area contributed by atoms with Crippen molar-refractivity contribution >= 4 is 0 Å². The average molecular weight is 365 g/mol. The van der Waals surface area contributed by atoms with Gasteiger partial charge in [0.1, 0.15) is 0 Å². The number of hydrogen-bond acceptors (Lipinski definition) is 6. The van der Waals surface area contributed by atoms with Gasteiger partial charge in [-0.3, -0.25) is 4.68 Å². The Morgan fingerprint density at radius 3 is 2.77 bits per heavy atom. The first kappa shape index (κ1) is 16.7. The number of benzene rings is 1. The summed E-state index contributed by atoms with van der Waals surface area (Å²) in [7, 11) is 0. The van der Waals surface area contributed by atoms with Crippen LogP contribution >= 0.6 is 0 Å². The van der Waals surface area contributed by atoms with E-state index < -0.39 is 11.7 Å². The summed E-state index contributed by atoms with van der Waals surface area (Å²) in [5.74, 6) is 0.152. The number of alkyl halides is 3. The molecule has 1 fully saturated rings.